The Balaban J connectivity index is 1.69. The Morgan fingerprint density at radius 3 is 2.50 bits per heavy atom. The zero-order valence-electron chi connectivity index (χ0n) is 20.1. The van der Waals surface area contributed by atoms with E-state index in [1.165, 1.54) is 50.3 Å². The smallest absolute Gasteiger partial charge is 0.312 e. The Labute approximate surface area is 205 Å². The van der Waals surface area contributed by atoms with Gasteiger partial charge in [-0.05, 0) is 30.5 Å². The summed E-state index contributed by atoms with van der Waals surface area (Å²) >= 11 is 0. The van der Waals surface area contributed by atoms with Crippen LogP contribution in [-0.2, 0) is 22.7 Å². The minimum Gasteiger partial charge on any atom is -0.501 e. The Morgan fingerprint density at radius 2 is 1.86 bits per heavy atom. The van der Waals surface area contributed by atoms with Gasteiger partial charge in [-0.2, -0.15) is 0 Å². The van der Waals surface area contributed by atoms with Gasteiger partial charge in [0.2, 0.25) is 5.75 Å². The van der Waals surface area contributed by atoms with Crippen molar-refractivity contribution >= 4 is 17.7 Å². The van der Waals surface area contributed by atoms with Gasteiger partial charge >= 0.3 is 11.8 Å². The molecule has 3 heterocycles. The fourth-order valence-electron chi connectivity index (χ4n) is 4.88. The number of carbonyl (C=O) groups excluding carboxylic acids is 3. The highest BCUT2D eigenvalue weighted by Crippen LogP contribution is 2.46. The van der Waals surface area contributed by atoms with Crippen molar-refractivity contribution in [3.63, 3.8) is 0 Å². The van der Waals surface area contributed by atoms with Crippen molar-refractivity contribution in [1.29, 1.82) is 0 Å². The molecule has 3 amide bonds. The lowest BCUT2D eigenvalue weighted by Gasteiger charge is -2.40. The van der Waals surface area contributed by atoms with Crippen LogP contribution >= 0.6 is 0 Å². The molecule has 2 aliphatic heterocycles. The Bertz CT molecular complexity index is 1280. The monoisotopic (exact) mass is 503 g/mol. The van der Waals surface area contributed by atoms with Crippen LogP contribution in [0.5, 0.6) is 5.75 Å². The molecule has 2 bridgehead atoms. The van der Waals surface area contributed by atoms with Crippen molar-refractivity contribution in [2.45, 2.75) is 50.0 Å². The van der Waals surface area contributed by atoms with E-state index in [9.17, 15) is 28.7 Å². The molecule has 1 fully saturated rings. The SMILES string of the molecule is CN(C)C(=O)C(=O)N(C)C1CC2(F)CCC1c1nc(C(=O)NCc3ccc(F)cc3)c(O)c(=O)n1C2. The molecule has 3 aliphatic rings. The highest BCUT2D eigenvalue weighted by Gasteiger charge is 2.50. The first-order valence-corrected chi connectivity index (χ1v) is 11.5. The molecular formula is C24H27F2N5O5. The fraction of sp³-hybridized carbons (Fsp3) is 0.458. The number of aromatic hydroxyl groups is 1. The second-order valence-corrected chi connectivity index (χ2v) is 9.55. The highest BCUT2D eigenvalue weighted by atomic mass is 19.1. The van der Waals surface area contributed by atoms with Crippen molar-refractivity contribution in [1.82, 2.24) is 24.7 Å². The number of rotatable bonds is 4. The van der Waals surface area contributed by atoms with Gasteiger partial charge in [0.25, 0.3) is 11.5 Å². The molecule has 12 heteroatoms. The van der Waals surface area contributed by atoms with Gasteiger partial charge in [-0.3, -0.25) is 23.7 Å². The maximum Gasteiger partial charge on any atom is 0.312 e. The van der Waals surface area contributed by atoms with E-state index in [1.54, 1.807) is 0 Å². The van der Waals surface area contributed by atoms with E-state index in [-0.39, 0.29) is 31.6 Å². The third kappa shape index (κ3) is 4.54. The first kappa shape index (κ1) is 25.3. The largest absolute Gasteiger partial charge is 0.501 e. The van der Waals surface area contributed by atoms with Gasteiger partial charge in [0.1, 0.15) is 17.3 Å². The lowest BCUT2D eigenvalue weighted by Crippen LogP contribution is -2.51. The first-order chi connectivity index (χ1) is 16.9. The summed E-state index contributed by atoms with van der Waals surface area (Å²) in [6, 6.07) is 4.62. The molecule has 1 aliphatic carbocycles. The second-order valence-electron chi connectivity index (χ2n) is 9.55. The number of nitrogens with one attached hydrogen (secondary N) is 1. The molecule has 0 radical (unpaired) electrons. The second kappa shape index (κ2) is 9.32. The highest BCUT2D eigenvalue weighted by molar-refractivity contribution is 6.34. The van der Waals surface area contributed by atoms with E-state index in [4.69, 9.17) is 0 Å². The quantitative estimate of drug-likeness (QED) is 0.598. The van der Waals surface area contributed by atoms with Gasteiger partial charge < -0.3 is 20.2 Å². The molecule has 2 N–H and O–H groups in total. The molecule has 192 valence electrons. The number of fused-ring (bicyclic) bond motifs is 2. The summed E-state index contributed by atoms with van der Waals surface area (Å²) in [4.78, 5) is 57.4. The molecule has 3 unspecified atom stereocenters. The van der Waals surface area contributed by atoms with Crippen molar-refractivity contribution in [3.05, 3.63) is 57.5 Å². The Kier molecular flexibility index (Phi) is 6.54. The van der Waals surface area contributed by atoms with Crippen LogP contribution in [0.1, 0.15) is 47.1 Å². The lowest BCUT2D eigenvalue weighted by atomic mass is 9.77. The lowest BCUT2D eigenvalue weighted by molar-refractivity contribution is -0.152. The third-order valence-electron chi connectivity index (χ3n) is 6.88. The average molecular weight is 504 g/mol. The minimum atomic E-state index is -1.87. The molecule has 5 rings (SSSR count). The summed E-state index contributed by atoms with van der Waals surface area (Å²) in [6.07, 6.45) is 0.187. The van der Waals surface area contributed by atoms with Gasteiger partial charge in [-0.15, -0.1) is 0 Å². The summed E-state index contributed by atoms with van der Waals surface area (Å²) in [5.74, 6) is -4.36. The average Bonchev–Trinajstić information content (AvgIpc) is 3.07. The van der Waals surface area contributed by atoms with Crippen LogP contribution in [0.4, 0.5) is 8.78 Å². The number of alkyl halides is 1. The van der Waals surface area contributed by atoms with E-state index in [0.29, 0.717) is 5.56 Å². The number of aromatic nitrogens is 2. The van der Waals surface area contributed by atoms with Crippen LogP contribution in [0.2, 0.25) is 0 Å². The zero-order chi connectivity index (χ0) is 26.4. The molecule has 10 nitrogen and oxygen atoms in total. The molecule has 1 aromatic heterocycles. The van der Waals surface area contributed by atoms with Crippen LogP contribution in [0, 0.1) is 5.82 Å². The summed E-state index contributed by atoms with van der Waals surface area (Å²) in [5, 5.41) is 13.0. The molecule has 1 saturated carbocycles. The van der Waals surface area contributed by atoms with Crippen molar-refractivity contribution in [3.8, 4) is 5.75 Å². The maximum absolute atomic E-state index is 15.8. The predicted octanol–water partition coefficient (Wildman–Crippen LogP) is 0.923. The topological polar surface area (TPSA) is 125 Å². The van der Waals surface area contributed by atoms with Crippen molar-refractivity contribution in [2.24, 2.45) is 0 Å². The van der Waals surface area contributed by atoms with E-state index in [2.05, 4.69) is 10.3 Å². The summed E-state index contributed by atoms with van der Waals surface area (Å²) in [7, 11) is 4.26. The summed E-state index contributed by atoms with van der Waals surface area (Å²) in [6.45, 7) is -0.405. The van der Waals surface area contributed by atoms with Gasteiger partial charge in [-0.1, -0.05) is 12.1 Å². The summed E-state index contributed by atoms with van der Waals surface area (Å²) in [5.41, 5.74) is -2.77. The van der Waals surface area contributed by atoms with Gasteiger partial charge in [0.15, 0.2) is 5.69 Å². The molecule has 36 heavy (non-hydrogen) atoms. The van der Waals surface area contributed by atoms with Gasteiger partial charge in [0, 0.05) is 46.1 Å². The number of halogens is 2. The van der Waals surface area contributed by atoms with Crippen LogP contribution in [0.3, 0.4) is 0 Å². The Hall–Kier alpha value is -3.83. The summed E-state index contributed by atoms with van der Waals surface area (Å²) < 4.78 is 30.0. The fourth-order valence-corrected chi connectivity index (χ4v) is 4.88. The molecule has 0 saturated heterocycles. The zero-order valence-corrected chi connectivity index (χ0v) is 20.1. The first-order valence-electron chi connectivity index (χ1n) is 11.5. The van der Waals surface area contributed by atoms with Crippen LogP contribution in [-0.4, -0.2) is 75.0 Å². The van der Waals surface area contributed by atoms with Crippen molar-refractivity contribution in [2.75, 3.05) is 21.1 Å². The van der Waals surface area contributed by atoms with Crippen LogP contribution < -0.4 is 10.9 Å². The van der Waals surface area contributed by atoms with Crippen LogP contribution in [0.25, 0.3) is 0 Å². The number of nitrogens with zero attached hydrogens (tertiary/aromatic N) is 4. The van der Waals surface area contributed by atoms with Crippen molar-refractivity contribution < 1.29 is 28.3 Å². The Morgan fingerprint density at radius 1 is 1.19 bits per heavy atom. The van der Waals surface area contributed by atoms with E-state index < -0.39 is 64.7 Å². The van der Waals surface area contributed by atoms with E-state index in [0.717, 1.165) is 9.47 Å². The van der Waals surface area contributed by atoms with E-state index in [1.807, 2.05) is 0 Å². The predicted molar refractivity (Wildman–Crippen MR) is 123 cm³/mol. The number of amides is 3. The molecular weight excluding hydrogens is 476 g/mol. The number of hydrogen-bond donors (Lipinski definition) is 2. The number of likely N-dealkylation sites (N-methyl/N-ethyl adjacent to an activating group) is 2. The molecule has 1 aromatic carbocycles. The van der Waals surface area contributed by atoms with E-state index >= 15 is 4.39 Å². The normalized spacial score (nSPS) is 22.4. The van der Waals surface area contributed by atoms with Gasteiger partial charge in [0.05, 0.1) is 6.54 Å². The third-order valence-corrected chi connectivity index (χ3v) is 6.88. The van der Waals surface area contributed by atoms with Crippen LogP contribution in [0.15, 0.2) is 29.1 Å². The number of carbonyl (C=O) groups is 3. The number of hydrogen-bond acceptors (Lipinski definition) is 6. The van der Waals surface area contributed by atoms with Gasteiger partial charge in [-0.25, -0.2) is 13.8 Å². The molecule has 3 atom stereocenters. The maximum atomic E-state index is 15.8. The minimum absolute atomic E-state index is 0.0117. The standard InChI is InChI=1S/C24H27F2N5O5/c1-29(2)22(35)23(36)30(3)16-10-24(26)9-8-15(16)19-28-17(18(32)21(34)31(19)12-24)20(33)27-11-13-4-6-14(25)7-5-13/h4-7,15-16,32H,8-12H2,1-3H3,(H,27,33). The number of benzene rings is 1. The molecule has 2 aromatic rings. The molecule has 0 spiro atoms.